The average molecular weight is 253 g/mol. The first-order valence-corrected chi connectivity index (χ1v) is 3.91. The molecule has 10 heavy (non-hydrogen) atoms. The lowest BCUT2D eigenvalue weighted by Crippen LogP contribution is -2.02. The van der Waals surface area contributed by atoms with Crippen molar-refractivity contribution < 1.29 is 5.11 Å². The maximum absolute atomic E-state index is 8.52. The lowest BCUT2D eigenvalue weighted by atomic mass is 10.6. The van der Waals surface area contributed by atoms with Gasteiger partial charge in [0.1, 0.15) is 0 Å². The molecule has 0 spiro atoms. The molecule has 0 saturated heterocycles. The highest BCUT2D eigenvalue weighted by Gasteiger charge is 1.99. The van der Waals surface area contributed by atoms with Crippen molar-refractivity contribution in [1.82, 2.24) is 9.78 Å². The normalized spacial score (nSPS) is 10.2. The maximum Gasteiger partial charge on any atom is 0.158 e. The van der Waals surface area contributed by atoms with E-state index in [1.54, 1.807) is 10.9 Å². The van der Waals surface area contributed by atoms with Gasteiger partial charge < -0.3 is 10.8 Å². The van der Waals surface area contributed by atoms with E-state index in [9.17, 15) is 0 Å². The van der Waals surface area contributed by atoms with E-state index in [2.05, 4.69) is 27.7 Å². The SMILES string of the molecule is Nc1nn(CCO)cc1I. The molecule has 1 rings (SSSR count). The number of nitrogen functional groups attached to an aromatic ring is 1. The van der Waals surface area contributed by atoms with Crippen LogP contribution < -0.4 is 5.73 Å². The number of rotatable bonds is 2. The van der Waals surface area contributed by atoms with E-state index in [1.807, 2.05) is 0 Å². The first-order chi connectivity index (χ1) is 4.74. The Balaban J connectivity index is 2.77. The van der Waals surface area contributed by atoms with Crippen LogP contribution in [0.5, 0.6) is 0 Å². The summed E-state index contributed by atoms with van der Waals surface area (Å²) < 4.78 is 2.54. The van der Waals surface area contributed by atoms with Crippen molar-refractivity contribution in [2.45, 2.75) is 6.54 Å². The maximum atomic E-state index is 8.52. The molecule has 56 valence electrons. The van der Waals surface area contributed by atoms with Crippen LogP contribution in [0.4, 0.5) is 5.82 Å². The minimum atomic E-state index is 0.0944. The molecule has 1 aromatic rings. The van der Waals surface area contributed by atoms with Gasteiger partial charge in [-0.25, -0.2) is 0 Å². The molecule has 0 unspecified atom stereocenters. The van der Waals surface area contributed by atoms with Crippen molar-refractivity contribution >= 4 is 28.4 Å². The molecular weight excluding hydrogens is 245 g/mol. The number of anilines is 1. The first kappa shape index (κ1) is 7.80. The van der Waals surface area contributed by atoms with E-state index in [0.717, 1.165) is 3.57 Å². The van der Waals surface area contributed by atoms with E-state index in [4.69, 9.17) is 10.8 Å². The number of nitrogens with two attached hydrogens (primary N) is 1. The molecule has 0 aliphatic carbocycles. The van der Waals surface area contributed by atoms with Crippen LogP contribution in [0.25, 0.3) is 0 Å². The van der Waals surface area contributed by atoms with Gasteiger partial charge in [-0.15, -0.1) is 0 Å². The molecular formula is C5H8IN3O. The minimum Gasteiger partial charge on any atom is -0.394 e. The van der Waals surface area contributed by atoms with Crippen molar-refractivity contribution in [3.05, 3.63) is 9.77 Å². The van der Waals surface area contributed by atoms with Gasteiger partial charge in [0.05, 0.1) is 16.7 Å². The van der Waals surface area contributed by atoms with Crippen molar-refractivity contribution in [2.24, 2.45) is 0 Å². The van der Waals surface area contributed by atoms with Gasteiger partial charge in [-0.2, -0.15) is 5.10 Å². The average Bonchev–Trinajstić information content (AvgIpc) is 2.14. The smallest absolute Gasteiger partial charge is 0.158 e. The number of hydrogen-bond donors (Lipinski definition) is 2. The molecule has 0 bridgehead atoms. The molecule has 0 aromatic carbocycles. The second kappa shape index (κ2) is 3.20. The van der Waals surface area contributed by atoms with Crippen molar-refractivity contribution in [3.8, 4) is 0 Å². The molecule has 0 aliphatic rings. The van der Waals surface area contributed by atoms with Gasteiger partial charge in [-0.1, -0.05) is 0 Å². The third-order valence-corrected chi connectivity index (χ3v) is 1.90. The Morgan fingerprint density at radius 3 is 2.90 bits per heavy atom. The van der Waals surface area contributed by atoms with Crippen LogP contribution in [0.15, 0.2) is 6.20 Å². The fraction of sp³-hybridized carbons (Fsp3) is 0.400. The highest BCUT2D eigenvalue weighted by Crippen LogP contribution is 2.10. The largest absolute Gasteiger partial charge is 0.394 e. The summed E-state index contributed by atoms with van der Waals surface area (Å²) in [5, 5.41) is 12.4. The molecule has 1 aromatic heterocycles. The summed E-state index contributed by atoms with van der Waals surface area (Å²) in [6, 6.07) is 0. The predicted octanol–water partition coefficient (Wildman–Crippen LogP) is 0.0622. The zero-order valence-electron chi connectivity index (χ0n) is 5.29. The summed E-state index contributed by atoms with van der Waals surface area (Å²) in [5.41, 5.74) is 5.45. The highest BCUT2D eigenvalue weighted by atomic mass is 127. The van der Waals surface area contributed by atoms with Crippen LogP contribution in [-0.4, -0.2) is 21.5 Å². The predicted molar refractivity (Wildman–Crippen MR) is 46.4 cm³/mol. The fourth-order valence-electron chi connectivity index (χ4n) is 0.629. The lowest BCUT2D eigenvalue weighted by molar-refractivity contribution is 0.269. The van der Waals surface area contributed by atoms with Crippen LogP contribution in [0.1, 0.15) is 0 Å². The van der Waals surface area contributed by atoms with Gasteiger partial charge in [0, 0.05) is 6.20 Å². The molecule has 5 heteroatoms. The standard InChI is InChI=1S/C5H8IN3O/c6-4-3-9(1-2-10)8-5(4)7/h3,10H,1-2H2,(H2,7,8). The Kier molecular flexibility index (Phi) is 2.50. The van der Waals surface area contributed by atoms with Crippen LogP contribution in [0.3, 0.4) is 0 Å². The van der Waals surface area contributed by atoms with Crippen LogP contribution in [0, 0.1) is 3.57 Å². The minimum absolute atomic E-state index is 0.0944. The van der Waals surface area contributed by atoms with Gasteiger partial charge in [0.15, 0.2) is 5.82 Å². The van der Waals surface area contributed by atoms with Crippen molar-refractivity contribution in [2.75, 3.05) is 12.3 Å². The van der Waals surface area contributed by atoms with Crippen LogP contribution in [0.2, 0.25) is 0 Å². The van der Waals surface area contributed by atoms with Gasteiger partial charge in [0.25, 0.3) is 0 Å². The van der Waals surface area contributed by atoms with E-state index >= 15 is 0 Å². The summed E-state index contributed by atoms with van der Waals surface area (Å²) in [5.74, 6) is 0.522. The van der Waals surface area contributed by atoms with Gasteiger partial charge in [-0.3, -0.25) is 4.68 Å². The molecule has 0 aliphatic heterocycles. The number of aromatic nitrogens is 2. The summed E-state index contributed by atoms with van der Waals surface area (Å²) >= 11 is 2.09. The second-order valence-corrected chi connectivity index (χ2v) is 3.01. The Hall–Kier alpha value is -0.300. The lowest BCUT2D eigenvalue weighted by Gasteiger charge is -1.93. The molecule has 4 nitrogen and oxygen atoms in total. The van der Waals surface area contributed by atoms with Gasteiger partial charge in [0.2, 0.25) is 0 Å². The molecule has 0 fully saturated rings. The third kappa shape index (κ3) is 1.60. The molecule has 0 atom stereocenters. The zero-order valence-corrected chi connectivity index (χ0v) is 7.45. The number of halogens is 1. The molecule has 0 saturated carbocycles. The molecule has 3 N–H and O–H groups in total. The quantitative estimate of drug-likeness (QED) is 0.732. The number of aliphatic hydroxyl groups excluding tert-OH is 1. The molecule has 0 radical (unpaired) electrons. The van der Waals surface area contributed by atoms with E-state index in [1.165, 1.54) is 0 Å². The molecule has 1 heterocycles. The van der Waals surface area contributed by atoms with Crippen molar-refractivity contribution in [1.29, 1.82) is 0 Å². The molecule has 0 amide bonds. The Labute approximate surface area is 72.2 Å². The van der Waals surface area contributed by atoms with E-state index in [-0.39, 0.29) is 6.61 Å². The second-order valence-electron chi connectivity index (χ2n) is 1.85. The third-order valence-electron chi connectivity index (χ3n) is 1.07. The van der Waals surface area contributed by atoms with Crippen LogP contribution in [-0.2, 0) is 6.54 Å². The summed E-state index contributed by atoms with van der Waals surface area (Å²) in [6.45, 7) is 0.602. The highest BCUT2D eigenvalue weighted by molar-refractivity contribution is 14.1. The summed E-state index contributed by atoms with van der Waals surface area (Å²) in [7, 11) is 0. The topological polar surface area (TPSA) is 64.1 Å². The summed E-state index contributed by atoms with van der Waals surface area (Å²) in [4.78, 5) is 0. The Morgan fingerprint density at radius 1 is 1.80 bits per heavy atom. The zero-order chi connectivity index (χ0) is 7.56. The number of nitrogens with zero attached hydrogens (tertiary/aromatic N) is 2. The Bertz CT molecular complexity index is 203. The summed E-state index contributed by atoms with van der Waals surface area (Å²) in [6.07, 6.45) is 1.80. The van der Waals surface area contributed by atoms with Gasteiger partial charge in [-0.05, 0) is 22.6 Å². The first-order valence-electron chi connectivity index (χ1n) is 2.83. The van der Waals surface area contributed by atoms with Crippen molar-refractivity contribution in [3.63, 3.8) is 0 Å². The van der Waals surface area contributed by atoms with E-state index < -0.39 is 0 Å². The number of aliphatic hydroxyl groups is 1. The van der Waals surface area contributed by atoms with Crippen LogP contribution >= 0.6 is 22.6 Å². The fourth-order valence-corrected chi connectivity index (χ4v) is 1.06. The van der Waals surface area contributed by atoms with E-state index in [0.29, 0.717) is 12.4 Å². The number of hydrogen-bond acceptors (Lipinski definition) is 3. The Morgan fingerprint density at radius 2 is 2.50 bits per heavy atom. The van der Waals surface area contributed by atoms with Gasteiger partial charge >= 0.3 is 0 Å². The monoisotopic (exact) mass is 253 g/mol.